The Balaban J connectivity index is 2.01. The largest absolute Gasteiger partial charge is 0.314 e. The first-order chi connectivity index (χ1) is 5.35. The zero-order valence-corrected chi connectivity index (χ0v) is 7.45. The molecule has 60 valence electrons. The molecule has 0 amide bonds. The molecule has 11 heavy (non-hydrogen) atoms. The maximum atomic E-state index is 4.27. The molecule has 0 spiro atoms. The highest BCUT2D eigenvalue weighted by atomic mass is 32.1. The monoisotopic (exact) mass is 168 g/mol. The topological polar surface area (TPSA) is 24.9 Å². The van der Waals surface area contributed by atoms with Crippen LogP contribution in [0.15, 0.2) is 11.6 Å². The van der Waals surface area contributed by atoms with E-state index in [4.69, 9.17) is 0 Å². The smallest absolute Gasteiger partial charge is 0.0943 e. The second-order valence-corrected chi connectivity index (χ2v) is 4.11. The first kappa shape index (κ1) is 7.25. The van der Waals surface area contributed by atoms with Gasteiger partial charge in [0.2, 0.25) is 0 Å². The standard InChI is InChI=1S/C8H12N2S/c1-9-8(2-3-8)6-7-10-4-5-11-7/h4-5,9H,2-3,6H2,1H3. The Kier molecular flexibility index (Phi) is 1.69. The lowest BCUT2D eigenvalue weighted by Crippen LogP contribution is -2.29. The molecule has 1 aromatic rings. The van der Waals surface area contributed by atoms with Crippen molar-refractivity contribution >= 4 is 11.3 Å². The van der Waals surface area contributed by atoms with Crippen LogP contribution in [0.25, 0.3) is 0 Å². The van der Waals surface area contributed by atoms with E-state index in [1.807, 2.05) is 18.6 Å². The number of aromatic nitrogens is 1. The fourth-order valence-electron chi connectivity index (χ4n) is 1.30. The molecule has 0 aliphatic heterocycles. The van der Waals surface area contributed by atoms with Crippen molar-refractivity contribution < 1.29 is 0 Å². The summed E-state index contributed by atoms with van der Waals surface area (Å²) < 4.78 is 0. The van der Waals surface area contributed by atoms with E-state index in [1.165, 1.54) is 17.8 Å². The molecule has 0 aromatic carbocycles. The maximum absolute atomic E-state index is 4.27. The van der Waals surface area contributed by atoms with Crippen molar-refractivity contribution in [2.24, 2.45) is 0 Å². The Morgan fingerprint density at radius 3 is 3.00 bits per heavy atom. The second kappa shape index (κ2) is 2.57. The van der Waals surface area contributed by atoms with Crippen molar-refractivity contribution in [1.82, 2.24) is 10.3 Å². The van der Waals surface area contributed by atoms with Gasteiger partial charge in [0.05, 0.1) is 5.01 Å². The first-order valence-corrected chi connectivity index (χ1v) is 4.80. The average molecular weight is 168 g/mol. The van der Waals surface area contributed by atoms with E-state index < -0.39 is 0 Å². The highest BCUT2D eigenvalue weighted by Gasteiger charge is 2.41. The van der Waals surface area contributed by atoms with Crippen LogP contribution in [0, 0.1) is 0 Å². The fraction of sp³-hybridized carbons (Fsp3) is 0.625. The zero-order chi connectivity index (χ0) is 7.73. The molecule has 1 saturated carbocycles. The number of hydrogen-bond donors (Lipinski definition) is 1. The van der Waals surface area contributed by atoms with Gasteiger partial charge in [-0.3, -0.25) is 0 Å². The summed E-state index contributed by atoms with van der Waals surface area (Å²) in [5, 5.41) is 6.66. The van der Waals surface area contributed by atoms with Crippen LogP contribution in [-0.2, 0) is 6.42 Å². The van der Waals surface area contributed by atoms with Crippen LogP contribution in [0.3, 0.4) is 0 Å². The SMILES string of the molecule is CNC1(Cc2nccs2)CC1. The summed E-state index contributed by atoms with van der Waals surface area (Å²) in [6.07, 6.45) is 5.61. The molecule has 0 saturated heterocycles. The van der Waals surface area contributed by atoms with Gasteiger partial charge in [-0.2, -0.15) is 0 Å². The van der Waals surface area contributed by atoms with Gasteiger partial charge in [-0.25, -0.2) is 4.98 Å². The van der Waals surface area contributed by atoms with Crippen LogP contribution < -0.4 is 5.32 Å². The maximum Gasteiger partial charge on any atom is 0.0943 e. The summed E-state index contributed by atoms with van der Waals surface area (Å²) >= 11 is 1.75. The van der Waals surface area contributed by atoms with Crippen molar-refractivity contribution in [1.29, 1.82) is 0 Å². The van der Waals surface area contributed by atoms with Gasteiger partial charge in [-0.1, -0.05) is 0 Å². The molecular weight excluding hydrogens is 156 g/mol. The van der Waals surface area contributed by atoms with Crippen LogP contribution in [0.1, 0.15) is 17.8 Å². The van der Waals surface area contributed by atoms with Crippen molar-refractivity contribution in [3.8, 4) is 0 Å². The average Bonchev–Trinajstić information content (AvgIpc) is 2.59. The predicted octanol–water partition coefficient (Wildman–Crippen LogP) is 1.44. The third kappa shape index (κ3) is 1.44. The highest BCUT2D eigenvalue weighted by molar-refractivity contribution is 7.09. The molecule has 1 fully saturated rings. The zero-order valence-electron chi connectivity index (χ0n) is 6.63. The van der Waals surface area contributed by atoms with Crippen molar-refractivity contribution in [2.75, 3.05) is 7.05 Å². The van der Waals surface area contributed by atoms with Crippen LogP contribution in [-0.4, -0.2) is 17.6 Å². The lowest BCUT2D eigenvalue weighted by molar-refractivity contribution is 0.547. The first-order valence-electron chi connectivity index (χ1n) is 3.92. The van der Waals surface area contributed by atoms with Gasteiger partial charge >= 0.3 is 0 Å². The number of hydrogen-bond acceptors (Lipinski definition) is 3. The van der Waals surface area contributed by atoms with Gasteiger partial charge in [0, 0.05) is 23.5 Å². The molecule has 0 atom stereocenters. The van der Waals surface area contributed by atoms with E-state index in [2.05, 4.69) is 10.3 Å². The molecule has 0 radical (unpaired) electrons. The van der Waals surface area contributed by atoms with Gasteiger partial charge in [-0.15, -0.1) is 11.3 Å². The van der Waals surface area contributed by atoms with E-state index in [9.17, 15) is 0 Å². The molecule has 0 bridgehead atoms. The second-order valence-electron chi connectivity index (χ2n) is 3.13. The quantitative estimate of drug-likeness (QED) is 0.738. The van der Waals surface area contributed by atoms with Gasteiger partial charge < -0.3 is 5.32 Å². The number of rotatable bonds is 3. The van der Waals surface area contributed by atoms with E-state index in [1.54, 1.807) is 11.3 Å². The predicted molar refractivity (Wildman–Crippen MR) is 46.8 cm³/mol. The molecule has 1 aromatic heterocycles. The van der Waals surface area contributed by atoms with E-state index >= 15 is 0 Å². The molecule has 1 heterocycles. The Hall–Kier alpha value is -0.410. The Bertz CT molecular complexity index is 226. The van der Waals surface area contributed by atoms with Crippen LogP contribution in [0.2, 0.25) is 0 Å². The van der Waals surface area contributed by atoms with Gasteiger partial charge in [0.15, 0.2) is 0 Å². The van der Waals surface area contributed by atoms with E-state index in [0.29, 0.717) is 5.54 Å². The molecule has 3 heteroatoms. The Morgan fingerprint density at radius 2 is 2.55 bits per heavy atom. The molecule has 1 aliphatic carbocycles. The summed E-state index contributed by atoms with van der Waals surface area (Å²) in [6, 6.07) is 0. The van der Waals surface area contributed by atoms with Crippen molar-refractivity contribution in [2.45, 2.75) is 24.8 Å². The Labute approximate surface area is 70.7 Å². The van der Waals surface area contributed by atoms with Crippen LogP contribution in [0.5, 0.6) is 0 Å². The minimum Gasteiger partial charge on any atom is -0.314 e. The fourth-order valence-corrected chi connectivity index (χ4v) is 2.06. The number of nitrogens with one attached hydrogen (secondary N) is 1. The van der Waals surface area contributed by atoms with E-state index in [-0.39, 0.29) is 0 Å². The van der Waals surface area contributed by atoms with Crippen LogP contribution in [0.4, 0.5) is 0 Å². The van der Waals surface area contributed by atoms with Gasteiger partial charge in [-0.05, 0) is 19.9 Å². The summed E-state index contributed by atoms with van der Waals surface area (Å²) in [5.74, 6) is 0. The summed E-state index contributed by atoms with van der Waals surface area (Å²) in [6.45, 7) is 0. The molecule has 1 aliphatic rings. The molecule has 1 N–H and O–H groups in total. The summed E-state index contributed by atoms with van der Waals surface area (Å²) in [5.41, 5.74) is 0.415. The van der Waals surface area contributed by atoms with Gasteiger partial charge in [0.1, 0.15) is 0 Å². The normalized spacial score (nSPS) is 20.1. The Morgan fingerprint density at radius 1 is 1.73 bits per heavy atom. The molecule has 2 rings (SSSR count). The third-order valence-corrected chi connectivity index (χ3v) is 3.14. The number of likely N-dealkylation sites (N-methyl/N-ethyl adjacent to an activating group) is 1. The number of nitrogens with zero attached hydrogens (tertiary/aromatic N) is 1. The third-order valence-electron chi connectivity index (χ3n) is 2.36. The van der Waals surface area contributed by atoms with Crippen LogP contribution >= 0.6 is 11.3 Å². The van der Waals surface area contributed by atoms with Crippen molar-refractivity contribution in [3.63, 3.8) is 0 Å². The molecule has 0 unspecified atom stereocenters. The van der Waals surface area contributed by atoms with Gasteiger partial charge in [0.25, 0.3) is 0 Å². The van der Waals surface area contributed by atoms with Crippen molar-refractivity contribution in [3.05, 3.63) is 16.6 Å². The highest BCUT2D eigenvalue weighted by Crippen LogP contribution is 2.38. The minimum absolute atomic E-state index is 0.415. The summed E-state index contributed by atoms with van der Waals surface area (Å²) in [7, 11) is 2.04. The number of thiazole rings is 1. The minimum atomic E-state index is 0.415. The summed E-state index contributed by atoms with van der Waals surface area (Å²) in [4.78, 5) is 4.27. The lowest BCUT2D eigenvalue weighted by Gasteiger charge is -2.10. The lowest BCUT2D eigenvalue weighted by atomic mass is 10.2. The van der Waals surface area contributed by atoms with E-state index in [0.717, 1.165) is 6.42 Å². The molecule has 2 nitrogen and oxygen atoms in total. The molecular formula is C8H12N2S.